The molecule has 3 rings (SSSR count). The monoisotopic (exact) mass is 335 g/mol. The summed E-state index contributed by atoms with van der Waals surface area (Å²) in [6.07, 6.45) is 3.54. The van der Waals surface area contributed by atoms with Crippen LogP contribution in [-0.4, -0.2) is 20.5 Å². The highest BCUT2D eigenvalue weighted by molar-refractivity contribution is 6.06. The van der Waals surface area contributed by atoms with E-state index in [1.807, 2.05) is 17.8 Å². The molecule has 4 nitrogen and oxygen atoms in total. The number of carbonyl (C=O) groups is 1. The largest absolute Gasteiger partial charge is 0.433 e. The van der Waals surface area contributed by atoms with E-state index in [-0.39, 0.29) is 11.3 Å². The highest BCUT2D eigenvalue weighted by Gasteiger charge is 2.32. The lowest BCUT2D eigenvalue weighted by atomic mass is 10.1. The molecule has 0 spiro atoms. The van der Waals surface area contributed by atoms with Gasteiger partial charge in [0.1, 0.15) is 5.69 Å². The van der Waals surface area contributed by atoms with Gasteiger partial charge in [0.05, 0.1) is 5.69 Å². The maximum absolute atomic E-state index is 12.5. The van der Waals surface area contributed by atoms with E-state index in [0.717, 1.165) is 49.0 Å². The van der Waals surface area contributed by atoms with Crippen molar-refractivity contribution in [3.63, 3.8) is 0 Å². The standard InChI is InChI=1S/C17H16F3N3O/c1-2-23-10-13(16(22-23)11-3-4-11)5-7-14(24)12-6-8-15(21-9-12)17(18,19)20/h5-11H,2-4H2,1H3/b7-5+. The zero-order valence-corrected chi connectivity index (χ0v) is 13.0. The van der Waals surface area contributed by atoms with Gasteiger partial charge in [-0.15, -0.1) is 0 Å². The van der Waals surface area contributed by atoms with E-state index in [4.69, 9.17) is 0 Å². The molecule has 0 radical (unpaired) electrons. The van der Waals surface area contributed by atoms with E-state index in [2.05, 4.69) is 10.1 Å². The summed E-state index contributed by atoms with van der Waals surface area (Å²) in [5, 5.41) is 4.50. The van der Waals surface area contributed by atoms with Gasteiger partial charge in [-0.25, -0.2) is 0 Å². The smallest absolute Gasteiger partial charge is 0.289 e. The highest BCUT2D eigenvalue weighted by Crippen LogP contribution is 2.41. The number of ketones is 1. The summed E-state index contributed by atoms with van der Waals surface area (Å²) >= 11 is 0. The molecular formula is C17H16F3N3O. The molecule has 126 valence electrons. The van der Waals surface area contributed by atoms with Crippen LogP contribution in [0.3, 0.4) is 0 Å². The number of aromatic nitrogens is 3. The number of hydrogen-bond donors (Lipinski definition) is 0. The minimum absolute atomic E-state index is 0.120. The van der Waals surface area contributed by atoms with Crippen molar-refractivity contribution >= 4 is 11.9 Å². The van der Waals surface area contributed by atoms with E-state index in [1.165, 1.54) is 6.08 Å². The van der Waals surface area contributed by atoms with E-state index in [9.17, 15) is 18.0 Å². The van der Waals surface area contributed by atoms with Gasteiger partial charge in [-0.1, -0.05) is 0 Å². The molecule has 0 atom stereocenters. The third-order valence-electron chi connectivity index (χ3n) is 3.86. The SMILES string of the molecule is CCn1cc(/C=C/C(=O)c2ccc(C(F)(F)F)nc2)c(C2CC2)n1. The molecule has 24 heavy (non-hydrogen) atoms. The number of aryl methyl sites for hydroxylation is 1. The summed E-state index contributed by atoms with van der Waals surface area (Å²) in [7, 11) is 0. The van der Waals surface area contributed by atoms with Crippen LogP contribution in [0.25, 0.3) is 6.08 Å². The molecule has 1 fully saturated rings. The predicted molar refractivity (Wildman–Crippen MR) is 82.5 cm³/mol. The average Bonchev–Trinajstić information content (AvgIpc) is 3.32. The Balaban J connectivity index is 1.77. The van der Waals surface area contributed by atoms with Crippen LogP contribution in [0.1, 0.15) is 53.0 Å². The molecule has 1 aliphatic carbocycles. The topological polar surface area (TPSA) is 47.8 Å². The first-order valence-corrected chi connectivity index (χ1v) is 7.71. The highest BCUT2D eigenvalue weighted by atomic mass is 19.4. The normalized spacial score (nSPS) is 15.2. The lowest BCUT2D eigenvalue weighted by Crippen LogP contribution is -2.08. The Labute approximate surface area is 137 Å². The Hall–Kier alpha value is -2.44. The van der Waals surface area contributed by atoms with Crippen molar-refractivity contribution in [1.29, 1.82) is 0 Å². The van der Waals surface area contributed by atoms with Crippen molar-refractivity contribution in [2.75, 3.05) is 0 Å². The second kappa shape index (κ2) is 6.22. The van der Waals surface area contributed by atoms with Crippen LogP contribution in [-0.2, 0) is 12.7 Å². The average molecular weight is 335 g/mol. The van der Waals surface area contributed by atoms with Gasteiger partial charge in [0.25, 0.3) is 0 Å². The number of carbonyl (C=O) groups excluding carboxylic acids is 1. The molecule has 7 heteroatoms. The molecule has 0 unspecified atom stereocenters. The van der Waals surface area contributed by atoms with Crippen LogP contribution in [0.4, 0.5) is 13.2 Å². The maximum atomic E-state index is 12.5. The summed E-state index contributed by atoms with van der Waals surface area (Å²) < 4.78 is 39.3. The summed E-state index contributed by atoms with van der Waals surface area (Å²) in [6, 6.07) is 1.95. The number of pyridine rings is 1. The molecule has 0 N–H and O–H groups in total. The van der Waals surface area contributed by atoms with E-state index >= 15 is 0 Å². The van der Waals surface area contributed by atoms with Crippen molar-refractivity contribution in [2.24, 2.45) is 0 Å². The van der Waals surface area contributed by atoms with Crippen LogP contribution in [0.2, 0.25) is 0 Å². The van der Waals surface area contributed by atoms with Crippen LogP contribution in [0, 0.1) is 0 Å². The van der Waals surface area contributed by atoms with Crippen molar-refractivity contribution in [2.45, 2.75) is 38.4 Å². The number of alkyl halides is 3. The Morgan fingerprint density at radius 3 is 2.67 bits per heavy atom. The predicted octanol–water partition coefficient (Wildman–Crippen LogP) is 4.09. The van der Waals surface area contributed by atoms with E-state index in [0.29, 0.717) is 5.92 Å². The van der Waals surface area contributed by atoms with Crippen LogP contribution in [0.15, 0.2) is 30.6 Å². The maximum Gasteiger partial charge on any atom is 0.433 e. The van der Waals surface area contributed by atoms with Crippen molar-refractivity contribution in [3.8, 4) is 0 Å². The summed E-state index contributed by atoms with van der Waals surface area (Å²) in [4.78, 5) is 15.4. The molecule has 2 aromatic rings. The zero-order valence-electron chi connectivity index (χ0n) is 13.0. The number of rotatable bonds is 5. The van der Waals surface area contributed by atoms with Gasteiger partial charge in [0.15, 0.2) is 5.78 Å². The number of halogens is 3. The van der Waals surface area contributed by atoms with Gasteiger partial charge < -0.3 is 0 Å². The number of allylic oxidation sites excluding steroid dienone is 1. The summed E-state index contributed by atoms with van der Waals surface area (Å²) in [5.74, 6) is 0.0579. The van der Waals surface area contributed by atoms with Gasteiger partial charge >= 0.3 is 6.18 Å². The molecule has 0 amide bonds. The Morgan fingerprint density at radius 1 is 1.38 bits per heavy atom. The third kappa shape index (κ3) is 3.55. The number of hydrogen-bond acceptors (Lipinski definition) is 3. The van der Waals surface area contributed by atoms with E-state index < -0.39 is 11.9 Å². The zero-order chi connectivity index (χ0) is 17.3. The molecule has 1 saturated carbocycles. The third-order valence-corrected chi connectivity index (χ3v) is 3.86. The molecule has 2 heterocycles. The minimum Gasteiger partial charge on any atom is -0.289 e. The molecule has 2 aromatic heterocycles. The van der Waals surface area contributed by atoms with Crippen LogP contribution < -0.4 is 0 Å². The molecule has 0 saturated heterocycles. The molecule has 1 aliphatic rings. The van der Waals surface area contributed by atoms with Gasteiger partial charge in [0.2, 0.25) is 0 Å². The molecule has 0 aromatic carbocycles. The quantitative estimate of drug-likeness (QED) is 0.611. The lowest BCUT2D eigenvalue weighted by Gasteiger charge is -2.05. The second-order valence-corrected chi connectivity index (χ2v) is 5.73. The van der Waals surface area contributed by atoms with Crippen molar-refractivity contribution < 1.29 is 18.0 Å². The van der Waals surface area contributed by atoms with Gasteiger partial charge in [-0.2, -0.15) is 18.3 Å². The second-order valence-electron chi connectivity index (χ2n) is 5.73. The first-order chi connectivity index (χ1) is 11.4. The lowest BCUT2D eigenvalue weighted by molar-refractivity contribution is -0.141. The molecule has 0 bridgehead atoms. The van der Waals surface area contributed by atoms with Crippen molar-refractivity contribution in [1.82, 2.24) is 14.8 Å². The van der Waals surface area contributed by atoms with Crippen LogP contribution in [0.5, 0.6) is 0 Å². The Kier molecular flexibility index (Phi) is 4.26. The van der Waals surface area contributed by atoms with Crippen molar-refractivity contribution in [3.05, 3.63) is 53.1 Å². The first-order valence-electron chi connectivity index (χ1n) is 7.71. The Bertz CT molecular complexity index is 771. The molecule has 0 aliphatic heterocycles. The van der Waals surface area contributed by atoms with E-state index in [1.54, 1.807) is 6.08 Å². The fourth-order valence-corrected chi connectivity index (χ4v) is 2.39. The minimum atomic E-state index is -4.51. The van der Waals surface area contributed by atoms with Crippen LogP contribution >= 0.6 is 0 Å². The fraction of sp³-hybridized carbons (Fsp3) is 0.353. The number of nitrogens with zero attached hydrogens (tertiary/aromatic N) is 3. The Morgan fingerprint density at radius 2 is 2.12 bits per heavy atom. The molecular weight excluding hydrogens is 319 g/mol. The fourth-order valence-electron chi connectivity index (χ4n) is 2.39. The van der Waals surface area contributed by atoms with Gasteiger partial charge in [0, 0.05) is 36.0 Å². The first kappa shape index (κ1) is 16.4. The van der Waals surface area contributed by atoms with Gasteiger partial charge in [-0.3, -0.25) is 14.5 Å². The summed E-state index contributed by atoms with van der Waals surface area (Å²) in [5.41, 5.74) is 0.970. The van der Waals surface area contributed by atoms with Gasteiger partial charge in [-0.05, 0) is 44.1 Å². The summed E-state index contributed by atoms with van der Waals surface area (Å²) in [6.45, 7) is 2.72.